The maximum atomic E-state index is 13.5. The molecule has 388 valence electrons. The van der Waals surface area contributed by atoms with E-state index in [0.717, 1.165) is 5.56 Å². The Morgan fingerprint density at radius 2 is 1.04 bits per heavy atom. The van der Waals surface area contributed by atoms with Crippen LogP contribution in [0.1, 0.15) is 167 Å². The lowest BCUT2D eigenvalue weighted by Crippen LogP contribution is -2.17. The fourth-order valence-electron chi connectivity index (χ4n) is 9.80. The lowest BCUT2D eigenvalue weighted by molar-refractivity contribution is 0.446. The first-order chi connectivity index (χ1) is 47.6. The van der Waals surface area contributed by atoms with E-state index in [2.05, 4.69) is 4.98 Å². The molecule has 2 aromatic heterocycles. The van der Waals surface area contributed by atoms with Gasteiger partial charge in [-0.3, -0.25) is 9.55 Å². The van der Waals surface area contributed by atoms with Crippen LogP contribution in [0, 0.1) is 0 Å². The molecule has 0 bridgehead atoms. The van der Waals surface area contributed by atoms with Crippen molar-refractivity contribution in [3.63, 3.8) is 0 Å². The van der Waals surface area contributed by atoms with Crippen molar-refractivity contribution >= 4 is 11.0 Å². The molecule has 0 spiro atoms. The Labute approximate surface area is 496 Å². The summed E-state index contributed by atoms with van der Waals surface area (Å²) in [6.07, 6.45) is 1.26. The van der Waals surface area contributed by atoms with Crippen LogP contribution in [0.25, 0.3) is 95.0 Å². The SMILES string of the molecule is [2H]c1cnc(-c2cc(-c3cccc4c3nc(-c3cc(C(C([2H])([2H])[2H])(C([2H])([2H])[2H])C([2H])([2H])[2H])cc(C(C([2H])([2H])[2H])(C([2H])([2H])[2H])C([2H])([2H])[2H])c3O)n4-c3c(-c4ccccc4)cc(C(C)(C)C)cc3-c3ccccc3)cc(C(C)(C)C)c2)c([2H])c1-c1ccc(-c2ccccc2C([2H])(C([2H])([2H])[2H])C([2H])([2H])[2H])cc1. The molecule has 0 saturated heterocycles. The van der Waals surface area contributed by atoms with E-state index in [1.54, 1.807) is 91.0 Å². The fourth-order valence-corrected chi connectivity index (χ4v) is 9.80. The largest absolute Gasteiger partial charge is 0.507 e. The van der Waals surface area contributed by atoms with Crippen LogP contribution in [0.2, 0.25) is 0 Å². The van der Waals surface area contributed by atoms with Crippen molar-refractivity contribution in [3.8, 4) is 89.7 Å². The number of aromatic hydroxyl groups is 1. The minimum Gasteiger partial charge on any atom is -0.507 e. The van der Waals surface area contributed by atoms with Gasteiger partial charge in [-0.15, -0.1) is 0 Å². The van der Waals surface area contributed by atoms with Gasteiger partial charge in [0.15, 0.2) is 0 Å². The third kappa shape index (κ3) is 10.4. The molecule has 0 unspecified atom stereocenters. The number of para-hydroxylation sites is 1. The van der Waals surface area contributed by atoms with Crippen LogP contribution in [0.3, 0.4) is 0 Å². The first kappa shape index (κ1) is 29.1. The van der Waals surface area contributed by atoms with Crippen molar-refractivity contribution in [2.45, 2.75) is 124 Å². The normalized spacial score (nSPS) is 19.1. The first-order valence-corrected chi connectivity index (χ1v) is 25.1. The van der Waals surface area contributed by atoms with Gasteiger partial charge in [-0.1, -0.05) is 230 Å². The lowest BCUT2D eigenvalue weighted by Gasteiger charge is -2.28. The second-order valence-corrected chi connectivity index (χ2v) is 21.6. The van der Waals surface area contributed by atoms with Gasteiger partial charge in [-0.2, -0.15) is 0 Å². The number of rotatable bonds is 9. The Hall–Kier alpha value is -7.82. The summed E-state index contributed by atoms with van der Waals surface area (Å²) in [5.74, 6) is -5.01. The van der Waals surface area contributed by atoms with Crippen molar-refractivity contribution in [1.82, 2.24) is 14.5 Å². The molecule has 0 aliphatic heterocycles. The molecule has 4 heteroatoms. The number of imidazole rings is 1. The van der Waals surface area contributed by atoms with Crippen LogP contribution in [-0.4, -0.2) is 19.6 Å². The molecule has 0 aliphatic rings. The zero-order valence-electron chi connectivity index (χ0n) is 70.5. The van der Waals surface area contributed by atoms with E-state index in [9.17, 15) is 7.85 Å². The van der Waals surface area contributed by atoms with E-state index >= 15 is 0 Å². The van der Waals surface area contributed by atoms with Crippen LogP contribution in [0.15, 0.2) is 188 Å². The monoisotopic (exact) mass is 1040 g/mol. The molecule has 0 radical (unpaired) electrons. The summed E-state index contributed by atoms with van der Waals surface area (Å²) >= 11 is 0. The fraction of sp³-hybridized carbons (Fsp3) is 0.260. The van der Waals surface area contributed by atoms with E-state index in [0.29, 0.717) is 56.1 Å². The quantitative estimate of drug-likeness (QED) is 0.157. The van der Waals surface area contributed by atoms with Crippen LogP contribution in [0.5, 0.6) is 5.75 Å². The maximum absolute atomic E-state index is 13.5. The van der Waals surface area contributed by atoms with E-state index in [1.165, 1.54) is 29.0 Å². The van der Waals surface area contributed by atoms with Crippen LogP contribution in [-0.2, 0) is 21.7 Å². The van der Waals surface area contributed by atoms with Gasteiger partial charge in [0.25, 0.3) is 0 Å². The van der Waals surface area contributed by atoms with E-state index in [4.69, 9.17) is 39.3 Å². The molecular weight excluding hydrogens is 935 g/mol. The molecule has 8 aromatic carbocycles. The molecule has 1 N–H and O–H groups in total. The number of phenols is 1. The van der Waals surface area contributed by atoms with Crippen LogP contribution < -0.4 is 0 Å². The predicted octanol–water partition coefficient (Wildman–Crippen LogP) is 20.1. The molecule has 0 atom stereocenters. The number of pyridine rings is 1. The molecule has 2 heterocycles. The number of nitrogens with zero attached hydrogens (tertiary/aromatic N) is 3. The van der Waals surface area contributed by atoms with Crippen molar-refractivity contribution in [2.24, 2.45) is 0 Å². The van der Waals surface area contributed by atoms with Crippen molar-refractivity contribution in [2.75, 3.05) is 0 Å². The van der Waals surface area contributed by atoms with Crippen LogP contribution >= 0.6 is 0 Å². The molecule has 0 aliphatic carbocycles. The number of benzene rings is 8. The predicted molar refractivity (Wildman–Crippen MR) is 327 cm³/mol. The lowest BCUT2D eigenvalue weighted by atomic mass is 9.78. The third-order valence-corrected chi connectivity index (χ3v) is 14.0. The Kier molecular flexibility index (Phi) is 7.53. The van der Waals surface area contributed by atoms with Gasteiger partial charge < -0.3 is 5.11 Å². The summed E-state index contributed by atoms with van der Waals surface area (Å²) in [7, 11) is 0. The molecular formula is C73H75N3O. The van der Waals surface area contributed by atoms with Crippen molar-refractivity contribution in [3.05, 3.63) is 216 Å². The summed E-state index contributed by atoms with van der Waals surface area (Å²) in [4.78, 5) is 10.0. The van der Waals surface area contributed by atoms with Crippen molar-refractivity contribution < 1.29 is 42.1 Å². The molecule has 4 nitrogen and oxygen atoms in total. The van der Waals surface area contributed by atoms with Gasteiger partial charge in [0, 0.05) is 68.3 Å². The van der Waals surface area contributed by atoms with Gasteiger partial charge in [0.1, 0.15) is 11.6 Å². The van der Waals surface area contributed by atoms with Gasteiger partial charge in [-0.25, -0.2) is 4.98 Å². The molecule has 0 saturated carbocycles. The highest BCUT2D eigenvalue weighted by Crippen LogP contribution is 2.49. The first-order valence-electron chi connectivity index (χ1n) is 38.6. The molecule has 77 heavy (non-hydrogen) atoms. The smallest absolute Gasteiger partial charge is 0.149 e. The molecule has 0 amide bonds. The average molecular weight is 1040 g/mol. The summed E-state index contributed by atoms with van der Waals surface area (Å²) in [5.41, 5.74) is -7.81. The maximum Gasteiger partial charge on any atom is 0.149 e. The zero-order valence-corrected chi connectivity index (χ0v) is 43.5. The molecule has 10 rings (SSSR count). The Bertz CT molecular complexity index is 4760. The van der Waals surface area contributed by atoms with E-state index in [-0.39, 0.29) is 62.8 Å². The highest BCUT2D eigenvalue weighted by atomic mass is 16.3. The standard InChI is InChI=1S/C73H75N3O/c1-46(2)57-28-21-22-29-58(57)50-34-32-47(33-35-50)51-36-37-74-64(41-51)53-38-52(39-54(40-53)70(3,4)5)59-30-23-31-65-66(59)75-69(62-44-56(72(9,10)11)45-63(68(62)77)73(12,13)14)76(65)67-60(48-24-17-15-18-25-48)42-55(71(6,7)8)43-61(67)49-26-19-16-20-27-49/h15-46,77H,1-14H3/i1D3,2D3,9D3,10D3,11D3,12D3,13D3,14D3,36D,41D,46D. The van der Waals surface area contributed by atoms with Gasteiger partial charge in [-0.05, 0) is 137 Å². The zero-order chi connectivity index (χ0) is 77.4. The van der Waals surface area contributed by atoms with E-state index < -0.39 is 111 Å². The summed E-state index contributed by atoms with van der Waals surface area (Å²) in [5, 5.41) is 13.5. The highest BCUT2D eigenvalue weighted by Gasteiger charge is 2.31. The minimum atomic E-state index is -4.25. The Morgan fingerprint density at radius 3 is 1.66 bits per heavy atom. The summed E-state index contributed by atoms with van der Waals surface area (Å²) in [6, 6.07) is 44.7. The Balaban J connectivity index is 1.37. The van der Waals surface area contributed by atoms with E-state index in [1.807, 2.05) is 90.1 Å². The highest BCUT2D eigenvalue weighted by molar-refractivity contribution is 6.00. The average Bonchev–Trinajstić information content (AvgIpc) is 0.841. The molecule has 10 aromatic rings. The third-order valence-electron chi connectivity index (χ3n) is 14.0. The van der Waals surface area contributed by atoms with Crippen molar-refractivity contribution in [1.29, 1.82) is 0 Å². The van der Waals surface area contributed by atoms with Gasteiger partial charge in [0.05, 0.1) is 30.7 Å². The van der Waals surface area contributed by atoms with Gasteiger partial charge >= 0.3 is 0 Å². The number of phenolic OH excluding ortho intramolecular Hbond substituents is 1. The number of hydrogen-bond donors (Lipinski definition) is 1. The molecule has 0 fully saturated rings. The van der Waals surface area contributed by atoms with Gasteiger partial charge in [0.2, 0.25) is 0 Å². The summed E-state index contributed by atoms with van der Waals surface area (Å²) < 4.78 is 240. The minimum absolute atomic E-state index is 0.0227. The number of fused-ring (bicyclic) bond motifs is 1. The topological polar surface area (TPSA) is 50.9 Å². The Morgan fingerprint density at radius 1 is 0.494 bits per heavy atom. The summed E-state index contributed by atoms with van der Waals surface area (Å²) in [6.45, 7) is -20.0. The second kappa shape index (κ2) is 20.0. The number of aromatic nitrogens is 3. The number of hydrogen-bond acceptors (Lipinski definition) is 3. The van der Waals surface area contributed by atoms with Crippen LogP contribution in [0.4, 0.5) is 0 Å². The second-order valence-electron chi connectivity index (χ2n) is 21.6.